The number of imide groups is 1. The summed E-state index contributed by atoms with van der Waals surface area (Å²) >= 11 is 0. The molecule has 6 nitrogen and oxygen atoms in total. The number of urea groups is 1. The van der Waals surface area contributed by atoms with Crippen molar-refractivity contribution in [3.05, 3.63) is 65.2 Å². The number of ether oxygens (including phenoxy) is 1. The molecule has 1 aliphatic carbocycles. The van der Waals surface area contributed by atoms with Crippen molar-refractivity contribution in [2.75, 3.05) is 33.3 Å². The van der Waals surface area contributed by atoms with Crippen molar-refractivity contribution in [1.82, 2.24) is 14.7 Å². The molecule has 2 heterocycles. The lowest BCUT2D eigenvalue weighted by molar-refractivity contribution is -0.136. The zero-order valence-electron chi connectivity index (χ0n) is 21.9. The maximum Gasteiger partial charge on any atom is 0.327 e. The lowest BCUT2D eigenvalue weighted by atomic mass is 9.82. The maximum absolute atomic E-state index is 13.8. The number of fused-ring (bicyclic) bond motifs is 1. The van der Waals surface area contributed by atoms with Crippen LogP contribution in [0.1, 0.15) is 49.8 Å². The molecule has 3 aliphatic rings. The van der Waals surface area contributed by atoms with E-state index < -0.39 is 5.54 Å². The second-order valence-corrected chi connectivity index (χ2v) is 11.1. The van der Waals surface area contributed by atoms with E-state index >= 15 is 0 Å². The minimum atomic E-state index is -0.707. The first-order chi connectivity index (χ1) is 17.4. The van der Waals surface area contributed by atoms with Crippen molar-refractivity contribution < 1.29 is 14.3 Å². The standard InChI is InChI=1S/C30H39N3O3/c1-22(2)21-32-28(34)30(33(29(32)35)17-14-23-8-12-27(36-3)13-9-23)15-18-31(19-16-30)26-11-10-24-6-4-5-7-25(24)20-26/h4-9,12-13,22,26H,10-11,14-21H2,1-3H3/t26-/m0/s1. The number of hydrogen-bond acceptors (Lipinski definition) is 4. The average Bonchev–Trinajstić information content (AvgIpc) is 3.08. The van der Waals surface area contributed by atoms with Crippen molar-refractivity contribution in [2.45, 2.75) is 64.0 Å². The lowest BCUT2D eigenvalue weighted by Crippen LogP contribution is -2.58. The van der Waals surface area contributed by atoms with E-state index in [9.17, 15) is 9.59 Å². The SMILES string of the molecule is COc1ccc(CCN2C(=O)N(CC(C)C)C(=O)C23CCN([C@H]2CCc4ccccc4C2)CC3)cc1. The Bertz CT molecular complexity index is 1090. The molecule has 192 valence electrons. The molecule has 0 bridgehead atoms. The minimum absolute atomic E-state index is 0.0181. The summed E-state index contributed by atoms with van der Waals surface area (Å²) in [7, 11) is 1.66. The van der Waals surface area contributed by atoms with Crippen molar-refractivity contribution in [3.63, 3.8) is 0 Å². The predicted molar refractivity (Wildman–Crippen MR) is 141 cm³/mol. The molecule has 0 saturated carbocycles. The monoisotopic (exact) mass is 489 g/mol. The largest absolute Gasteiger partial charge is 0.497 e. The molecule has 0 radical (unpaired) electrons. The van der Waals surface area contributed by atoms with E-state index in [-0.39, 0.29) is 17.9 Å². The van der Waals surface area contributed by atoms with Crippen molar-refractivity contribution in [1.29, 1.82) is 0 Å². The molecule has 0 unspecified atom stereocenters. The summed E-state index contributed by atoms with van der Waals surface area (Å²) in [5.74, 6) is 1.09. The van der Waals surface area contributed by atoms with Crippen LogP contribution in [0.5, 0.6) is 5.75 Å². The number of rotatable bonds is 7. The Morgan fingerprint density at radius 2 is 1.69 bits per heavy atom. The molecule has 0 aromatic heterocycles. The van der Waals surface area contributed by atoms with Gasteiger partial charge in [0.2, 0.25) is 0 Å². The maximum atomic E-state index is 13.8. The molecule has 3 amide bonds. The third-order valence-electron chi connectivity index (χ3n) is 8.42. The fraction of sp³-hybridized carbons (Fsp3) is 0.533. The first-order valence-corrected chi connectivity index (χ1v) is 13.5. The fourth-order valence-electron chi connectivity index (χ4n) is 6.38. The summed E-state index contributed by atoms with van der Waals surface area (Å²) in [6, 6.07) is 17.2. The number of piperidine rings is 1. The van der Waals surface area contributed by atoms with Gasteiger partial charge in [-0.05, 0) is 73.3 Å². The van der Waals surface area contributed by atoms with Crippen molar-refractivity contribution >= 4 is 11.9 Å². The second-order valence-electron chi connectivity index (χ2n) is 11.1. The first-order valence-electron chi connectivity index (χ1n) is 13.5. The Hall–Kier alpha value is -2.86. The van der Waals surface area contributed by atoms with Crippen LogP contribution in [0, 0.1) is 5.92 Å². The molecule has 2 aliphatic heterocycles. The molecule has 6 heteroatoms. The van der Waals surface area contributed by atoms with Gasteiger partial charge in [0.05, 0.1) is 7.11 Å². The van der Waals surface area contributed by atoms with Crippen LogP contribution < -0.4 is 4.74 Å². The van der Waals surface area contributed by atoms with E-state index in [4.69, 9.17) is 4.74 Å². The van der Waals surface area contributed by atoms with Gasteiger partial charge in [-0.1, -0.05) is 50.2 Å². The quantitative estimate of drug-likeness (QED) is 0.536. The number of amides is 3. The molecule has 2 aromatic rings. The molecule has 1 atom stereocenters. The topological polar surface area (TPSA) is 53.1 Å². The Kier molecular flexibility index (Phi) is 7.07. The Balaban J connectivity index is 1.31. The third kappa shape index (κ3) is 4.63. The van der Waals surface area contributed by atoms with E-state index in [1.54, 1.807) is 7.11 Å². The zero-order chi connectivity index (χ0) is 25.3. The number of aryl methyl sites for hydroxylation is 1. The van der Waals surface area contributed by atoms with Crippen LogP contribution in [0.4, 0.5) is 4.79 Å². The zero-order valence-corrected chi connectivity index (χ0v) is 21.9. The molecule has 2 aromatic carbocycles. The number of nitrogens with zero attached hydrogens (tertiary/aromatic N) is 3. The highest BCUT2D eigenvalue weighted by atomic mass is 16.5. The molecular weight excluding hydrogens is 450 g/mol. The van der Waals surface area contributed by atoms with Crippen molar-refractivity contribution in [2.24, 2.45) is 5.92 Å². The Morgan fingerprint density at radius 3 is 2.36 bits per heavy atom. The van der Waals surface area contributed by atoms with Gasteiger partial charge in [0, 0.05) is 32.2 Å². The number of likely N-dealkylation sites (tertiary alicyclic amines) is 1. The minimum Gasteiger partial charge on any atom is -0.497 e. The number of methoxy groups -OCH3 is 1. The number of hydrogen-bond donors (Lipinski definition) is 0. The van der Waals surface area contributed by atoms with Gasteiger partial charge in [-0.15, -0.1) is 0 Å². The average molecular weight is 490 g/mol. The van der Waals surface area contributed by atoms with Crippen LogP contribution in [0.25, 0.3) is 0 Å². The van der Waals surface area contributed by atoms with E-state index in [1.807, 2.05) is 29.2 Å². The molecule has 2 fully saturated rings. The summed E-state index contributed by atoms with van der Waals surface area (Å²) in [5.41, 5.74) is 3.38. The van der Waals surface area contributed by atoms with Crippen LogP contribution in [0.2, 0.25) is 0 Å². The molecule has 5 rings (SSSR count). The number of carbonyl (C=O) groups excluding carboxylic acids is 2. The van der Waals surface area contributed by atoms with Crippen LogP contribution in [-0.4, -0.2) is 71.5 Å². The van der Waals surface area contributed by atoms with Crippen LogP contribution in [0.3, 0.4) is 0 Å². The van der Waals surface area contributed by atoms with Crippen LogP contribution in [0.15, 0.2) is 48.5 Å². The summed E-state index contributed by atoms with van der Waals surface area (Å²) in [5, 5.41) is 0. The summed E-state index contributed by atoms with van der Waals surface area (Å²) in [6.07, 6.45) is 5.52. The van der Waals surface area contributed by atoms with Gasteiger partial charge in [0.1, 0.15) is 11.3 Å². The highest BCUT2D eigenvalue weighted by Gasteiger charge is 2.57. The van der Waals surface area contributed by atoms with Gasteiger partial charge < -0.3 is 9.64 Å². The van der Waals surface area contributed by atoms with Gasteiger partial charge in [0.15, 0.2) is 0 Å². The third-order valence-corrected chi connectivity index (χ3v) is 8.42. The van der Waals surface area contributed by atoms with E-state index in [0.29, 0.717) is 32.0 Å². The van der Waals surface area contributed by atoms with E-state index in [0.717, 1.165) is 50.1 Å². The summed E-state index contributed by atoms with van der Waals surface area (Å²) < 4.78 is 5.28. The van der Waals surface area contributed by atoms with Crippen molar-refractivity contribution in [3.8, 4) is 5.75 Å². The van der Waals surface area contributed by atoms with Crippen LogP contribution >= 0.6 is 0 Å². The van der Waals surface area contributed by atoms with Gasteiger partial charge in [0.25, 0.3) is 5.91 Å². The number of benzene rings is 2. The smallest absolute Gasteiger partial charge is 0.327 e. The van der Waals surface area contributed by atoms with E-state index in [2.05, 4.69) is 43.0 Å². The van der Waals surface area contributed by atoms with Gasteiger partial charge in [-0.2, -0.15) is 0 Å². The number of carbonyl (C=O) groups is 2. The van der Waals surface area contributed by atoms with Gasteiger partial charge in [-0.3, -0.25) is 14.6 Å². The molecule has 36 heavy (non-hydrogen) atoms. The first kappa shape index (κ1) is 24.8. The van der Waals surface area contributed by atoms with Crippen LogP contribution in [-0.2, 0) is 24.1 Å². The normalized spacial score (nSPS) is 21.9. The molecular formula is C30H39N3O3. The van der Waals surface area contributed by atoms with Gasteiger partial charge in [-0.25, -0.2) is 4.79 Å². The summed E-state index contributed by atoms with van der Waals surface area (Å²) in [6.45, 7) is 6.90. The molecule has 0 N–H and O–H groups in total. The lowest BCUT2D eigenvalue weighted by Gasteiger charge is -2.45. The Labute approximate surface area is 215 Å². The summed E-state index contributed by atoms with van der Waals surface area (Å²) in [4.78, 5) is 33.4. The van der Waals surface area contributed by atoms with E-state index in [1.165, 1.54) is 16.0 Å². The second kappa shape index (κ2) is 10.3. The molecule has 2 saturated heterocycles. The molecule has 1 spiro atoms. The van der Waals surface area contributed by atoms with Gasteiger partial charge >= 0.3 is 6.03 Å². The Morgan fingerprint density at radius 1 is 1.00 bits per heavy atom. The highest BCUT2D eigenvalue weighted by Crippen LogP contribution is 2.39. The predicted octanol–water partition coefficient (Wildman–Crippen LogP) is 4.55. The highest BCUT2D eigenvalue weighted by molar-refractivity contribution is 6.07. The fourth-order valence-corrected chi connectivity index (χ4v) is 6.38.